The highest BCUT2D eigenvalue weighted by Crippen LogP contribution is 2.61. The van der Waals surface area contributed by atoms with Crippen LogP contribution in [0.2, 0.25) is 0 Å². The Balaban J connectivity index is 0.000000187. The van der Waals surface area contributed by atoms with Gasteiger partial charge in [0.1, 0.15) is 0 Å². The first-order valence-electron chi connectivity index (χ1n) is 11.9. The van der Waals surface area contributed by atoms with E-state index in [1.54, 1.807) is 0 Å². The zero-order valence-corrected chi connectivity index (χ0v) is 19.8. The van der Waals surface area contributed by atoms with Gasteiger partial charge < -0.3 is 0 Å². The van der Waals surface area contributed by atoms with E-state index in [1.807, 2.05) is 0 Å². The number of hydrogen-bond acceptors (Lipinski definition) is 0. The summed E-state index contributed by atoms with van der Waals surface area (Å²) in [4.78, 5) is 0. The van der Waals surface area contributed by atoms with Crippen molar-refractivity contribution in [2.45, 2.75) is 120 Å². The molecule has 0 radical (unpaired) electrons. The molecule has 0 spiro atoms. The van der Waals surface area contributed by atoms with Crippen molar-refractivity contribution in [2.24, 2.45) is 45.8 Å². The van der Waals surface area contributed by atoms with E-state index in [4.69, 9.17) is 0 Å². The van der Waals surface area contributed by atoms with E-state index >= 15 is 0 Å². The third-order valence-electron chi connectivity index (χ3n) is 9.22. The topological polar surface area (TPSA) is 0 Å². The minimum absolute atomic E-state index is 0.536. The molecular formula is C26H50. The highest BCUT2D eigenvalue weighted by Gasteiger charge is 2.52. The van der Waals surface area contributed by atoms with E-state index in [0.29, 0.717) is 16.2 Å². The van der Waals surface area contributed by atoms with Crippen molar-refractivity contribution >= 4 is 0 Å². The Morgan fingerprint density at radius 2 is 1.54 bits per heavy atom. The number of rotatable bonds is 4. The molecule has 3 saturated carbocycles. The molecule has 0 nitrogen and oxygen atoms in total. The summed E-state index contributed by atoms with van der Waals surface area (Å²) < 4.78 is 0. The molecule has 0 N–H and O–H groups in total. The monoisotopic (exact) mass is 362 g/mol. The van der Waals surface area contributed by atoms with Gasteiger partial charge in [-0.1, -0.05) is 75.2 Å². The summed E-state index contributed by atoms with van der Waals surface area (Å²) >= 11 is 0. The lowest BCUT2D eigenvalue weighted by Gasteiger charge is -2.40. The summed E-state index contributed by atoms with van der Waals surface area (Å²) in [5.41, 5.74) is 1.89. The van der Waals surface area contributed by atoms with Crippen LogP contribution < -0.4 is 0 Å². The van der Waals surface area contributed by atoms with Crippen LogP contribution in [0, 0.1) is 45.8 Å². The van der Waals surface area contributed by atoms with E-state index in [2.05, 4.69) is 62.3 Å². The van der Waals surface area contributed by atoms with Crippen molar-refractivity contribution in [2.75, 3.05) is 0 Å². The average Bonchev–Trinajstić information content (AvgIpc) is 3.22. The second kappa shape index (κ2) is 8.16. The van der Waals surface area contributed by atoms with Crippen LogP contribution in [0.1, 0.15) is 120 Å². The van der Waals surface area contributed by atoms with Crippen molar-refractivity contribution in [3.8, 4) is 0 Å². The molecule has 0 amide bonds. The van der Waals surface area contributed by atoms with E-state index < -0.39 is 0 Å². The molecule has 26 heavy (non-hydrogen) atoms. The van der Waals surface area contributed by atoms with Crippen molar-refractivity contribution < 1.29 is 0 Å². The molecule has 3 aliphatic rings. The summed E-state index contributed by atoms with van der Waals surface area (Å²) in [6.07, 6.45) is 13.3. The molecule has 0 saturated heterocycles. The SMILES string of the molecule is CC(C)(C)C1CCCC1(C)C1CC1.CCC(C)C1CCC(C)(C(C)C)C1. The highest BCUT2D eigenvalue weighted by atomic mass is 14.6. The van der Waals surface area contributed by atoms with Gasteiger partial charge in [0.05, 0.1) is 0 Å². The summed E-state index contributed by atoms with van der Waals surface area (Å²) in [6.45, 7) is 21.9. The van der Waals surface area contributed by atoms with Gasteiger partial charge in [-0.25, -0.2) is 0 Å². The molecule has 0 bridgehead atoms. The third-order valence-corrected chi connectivity index (χ3v) is 9.22. The second-order valence-electron chi connectivity index (χ2n) is 12.3. The van der Waals surface area contributed by atoms with Crippen LogP contribution in [0.25, 0.3) is 0 Å². The fourth-order valence-corrected chi connectivity index (χ4v) is 6.51. The van der Waals surface area contributed by atoms with Crippen LogP contribution in [0.4, 0.5) is 0 Å². The van der Waals surface area contributed by atoms with Gasteiger partial charge in [0.2, 0.25) is 0 Å². The molecule has 0 aromatic carbocycles. The van der Waals surface area contributed by atoms with Crippen LogP contribution in [0.15, 0.2) is 0 Å². The first kappa shape index (κ1) is 22.3. The second-order valence-corrected chi connectivity index (χ2v) is 12.3. The standard InChI is InChI=1S/C13H24.C13H26/c1-12(2,3)11-6-5-9-13(11,4)10-7-8-10;1-6-11(4)12-7-8-13(5,9-12)10(2)3/h10-11H,5-9H2,1-4H3;10-12H,6-9H2,1-5H3. The largest absolute Gasteiger partial charge is 0.0651 e. The van der Waals surface area contributed by atoms with Crippen LogP contribution in [-0.4, -0.2) is 0 Å². The van der Waals surface area contributed by atoms with Crippen LogP contribution in [0.5, 0.6) is 0 Å². The molecule has 3 fully saturated rings. The lowest BCUT2D eigenvalue weighted by molar-refractivity contribution is 0.0824. The first-order chi connectivity index (χ1) is 11.9. The lowest BCUT2D eigenvalue weighted by Crippen LogP contribution is -2.33. The van der Waals surface area contributed by atoms with Crippen molar-refractivity contribution in [1.29, 1.82) is 0 Å². The normalized spacial score (nSPS) is 39.0. The molecular weight excluding hydrogens is 312 g/mol. The van der Waals surface area contributed by atoms with E-state index in [9.17, 15) is 0 Å². The Labute approximate surface area is 166 Å². The summed E-state index contributed by atoms with van der Waals surface area (Å²) in [5, 5.41) is 0. The minimum Gasteiger partial charge on any atom is -0.0651 e. The van der Waals surface area contributed by atoms with Crippen molar-refractivity contribution in [3.05, 3.63) is 0 Å². The average molecular weight is 363 g/mol. The van der Waals surface area contributed by atoms with Gasteiger partial charge in [0.25, 0.3) is 0 Å². The van der Waals surface area contributed by atoms with Crippen LogP contribution in [0.3, 0.4) is 0 Å². The predicted molar refractivity (Wildman–Crippen MR) is 117 cm³/mol. The zero-order valence-electron chi connectivity index (χ0n) is 19.8. The third kappa shape index (κ3) is 4.88. The van der Waals surface area contributed by atoms with Gasteiger partial charge in [-0.15, -0.1) is 0 Å². The maximum Gasteiger partial charge on any atom is -0.0264 e. The molecule has 5 atom stereocenters. The fourth-order valence-electron chi connectivity index (χ4n) is 6.51. The molecule has 0 heteroatoms. The van der Waals surface area contributed by atoms with Gasteiger partial charge in [0.15, 0.2) is 0 Å². The smallest absolute Gasteiger partial charge is 0.0264 e. The molecule has 3 rings (SSSR count). The van der Waals surface area contributed by atoms with Crippen LogP contribution >= 0.6 is 0 Å². The molecule has 0 aromatic heterocycles. The minimum atomic E-state index is 0.536. The molecule has 0 heterocycles. The van der Waals surface area contributed by atoms with Crippen molar-refractivity contribution in [3.63, 3.8) is 0 Å². The molecule has 0 aliphatic heterocycles. The predicted octanol–water partition coefficient (Wildman–Crippen LogP) is 8.74. The molecule has 5 unspecified atom stereocenters. The Morgan fingerprint density at radius 1 is 0.923 bits per heavy atom. The maximum atomic E-state index is 2.56. The van der Waals surface area contributed by atoms with E-state index in [-0.39, 0.29) is 0 Å². The first-order valence-corrected chi connectivity index (χ1v) is 11.9. The Hall–Kier alpha value is 0. The molecule has 3 aliphatic carbocycles. The Morgan fingerprint density at radius 3 is 1.96 bits per heavy atom. The summed E-state index contributed by atoms with van der Waals surface area (Å²) in [5.74, 6) is 4.88. The van der Waals surface area contributed by atoms with Gasteiger partial charge >= 0.3 is 0 Å². The zero-order chi connectivity index (χ0) is 19.8. The van der Waals surface area contributed by atoms with Gasteiger partial charge in [-0.2, -0.15) is 0 Å². The quantitative estimate of drug-likeness (QED) is 0.469. The Bertz CT molecular complexity index is 437. The van der Waals surface area contributed by atoms with Gasteiger partial charge in [-0.05, 0) is 90.8 Å². The maximum absolute atomic E-state index is 2.56. The van der Waals surface area contributed by atoms with Gasteiger partial charge in [0, 0.05) is 0 Å². The van der Waals surface area contributed by atoms with Crippen molar-refractivity contribution in [1.82, 2.24) is 0 Å². The Kier molecular flexibility index (Phi) is 7.00. The van der Waals surface area contributed by atoms with Crippen LogP contribution in [-0.2, 0) is 0 Å². The van der Waals surface area contributed by atoms with E-state index in [1.165, 1.54) is 57.8 Å². The fraction of sp³-hybridized carbons (Fsp3) is 1.00. The lowest BCUT2D eigenvalue weighted by atomic mass is 9.64. The van der Waals surface area contributed by atoms with E-state index in [0.717, 1.165) is 29.6 Å². The van der Waals surface area contributed by atoms with Gasteiger partial charge in [-0.3, -0.25) is 0 Å². The molecule has 154 valence electrons. The summed E-state index contributed by atoms with van der Waals surface area (Å²) in [6, 6.07) is 0. The highest BCUT2D eigenvalue weighted by molar-refractivity contribution is 5.02. The summed E-state index contributed by atoms with van der Waals surface area (Å²) in [7, 11) is 0. The molecule has 0 aromatic rings. The number of hydrogen-bond donors (Lipinski definition) is 0.